The van der Waals surface area contributed by atoms with Gasteiger partial charge in [0.05, 0.1) is 12.1 Å². The van der Waals surface area contributed by atoms with Gasteiger partial charge in [-0.1, -0.05) is 35.8 Å². The number of rotatable bonds is 0. The zero-order valence-corrected chi connectivity index (χ0v) is 16.3. The van der Waals surface area contributed by atoms with Crippen LogP contribution in [-0.2, 0) is 4.74 Å². The molecule has 3 rings (SSSR count). The van der Waals surface area contributed by atoms with Gasteiger partial charge in [-0.3, -0.25) is 4.90 Å². The Morgan fingerprint density at radius 3 is 2.67 bits per heavy atom. The number of halogens is 1. The summed E-state index contributed by atoms with van der Waals surface area (Å²) in [5.41, 5.74) is 0.252. The summed E-state index contributed by atoms with van der Waals surface area (Å²) >= 11 is 3.44. The highest BCUT2D eigenvalue weighted by atomic mass is 79.9. The van der Waals surface area contributed by atoms with Gasteiger partial charge in [0.15, 0.2) is 11.6 Å². The number of benzene rings is 1. The van der Waals surface area contributed by atoms with Gasteiger partial charge >= 0.3 is 6.09 Å². The number of anilines is 1. The van der Waals surface area contributed by atoms with E-state index in [2.05, 4.69) is 20.9 Å². The van der Waals surface area contributed by atoms with Crippen LogP contribution in [0, 0.1) is 0 Å². The third-order valence-corrected chi connectivity index (χ3v) is 3.66. The number of amides is 1. The summed E-state index contributed by atoms with van der Waals surface area (Å²) in [5, 5.41) is 0.966. The average Bonchev–Trinajstić information content (AvgIpc) is 2.52. The van der Waals surface area contributed by atoms with Gasteiger partial charge in [-0.15, -0.1) is 0 Å². The van der Waals surface area contributed by atoms with Gasteiger partial charge in [-0.25, -0.2) is 9.78 Å². The van der Waals surface area contributed by atoms with Crippen LogP contribution in [0.4, 0.5) is 10.6 Å². The third-order valence-electron chi connectivity index (χ3n) is 3.17. The van der Waals surface area contributed by atoms with Gasteiger partial charge in [-0.05, 0) is 39.0 Å². The Labute approximate surface area is 151 Å². The number of hydrogen-bond donors (Lipinski definition) is 0. The van der Waals surface area contributed by atoms with E-state index in [1.54, 1.807) is 0 Å². The second-order valence-corrected chi connectivity index (χ2v) is 7.04. The molecule has 130 valence electrons. The van der Waals surface area contributed by atoms with Crippen molar-refractivity contribution in [3.05, 3.63) is 28.7 Å². The van der Waals surface area contributed by atoms with Crippen LogP contribution in [0.3, 0.4) is 0 Å². The summed E-state index contributed by atoms with van der Waals surface area (Å²) in [4.78, 5) is 18.5. The van der Waals surface area contributed by atoms with Crippen LogP contribution in [0.1, 0.15) is 34.6 Å². The first kappa shape index (κ1) is 18.5. The fraction of sp³-hybridized carbons (Fsp3) is 0.444. The molecule has 2 heterocycles. The van der Waals surface area contributed by atoms with Crippen molar-refractivity contribution in [3.63, 3.8) is 0 Å². The first-order valence-corrected chi connectivity index (χ1v) is 8.86. The highest BCUT2D eigenvalue weighted by Crippen LogP contribution is 2.34. The molecule has 0 radical (unpaired) electrons. The molecule has 6 heteroatoms. The molecule has 1 aromatic carbocycles. The molecule has 24 heavy (non-hydrogen) atoms. The Bertz CT molecular complexity index is 741. The Morgan fingerprint density at radius 2 is 2.00 bits per heavy atom. The number of carbonyl (C=O) groups is 1. The van der Waals surface area contributed by atoms with Crippen molar-refractivity contribution in [1.82, 2.24) is 4.98 Å². The summed E-state index contributed by atoms with van der Waals surface area (Å²) < 4.78 is 12.0. The zero-order chi connectivity index (χ0) is 17.9. The van der Waals surface area contributed by atoms with Crippen molar-refractivity contribution in [2.45, 2.75) is 40.2 Å². The Morgan fingerprint density at radius 1 is 1.29 bits per heavy atom. The predicted molar refractivity (Wildman–Crippen MR) is 99.9 cm³/mol. The lowest BCUT2D eigenvalue weighted by Gasteiger charge is -2.30. The molecule has 1 aliphatic rings. The highest BCUT2D eigenvalue weighted by molar-refractivity contribution is 9.10. The van der Waals surface area contributed by atoms with Crippen molar-refractivity contribution in [2.75, 3.05) is 18.1 Å². The standard InChI is InChI=1S/C16H17BrN2O3.C2H6/c1-16(2,3)22-15(20)19-6-7-21-13-8-10-4-5-11(17)9-12(10)18-14(13)19;1-2/h4-5,8-9H,6-7H2,1-3H3;1-2H3. The summed E-state index contributed by atoms with van der Waals surface area (Å²) in [6.45, 7) is 10.4. The quantitative estimate of drug-likeness (QED) is 0.619. The van der Waals surface area contributed by atoms with Crippen LogP contribution < -0.4 is 9.64 Å². The minimum Gasteiger partial charge on any atom is -0.488 e. The lowest BCUT2D eigenvalue weighted by molar-refractivity contribution is 0.0566. The molecule has 0 N–H and O–H groups in total. The SMILES string of the molecule is CC.CC(C)(C)OC(=O)N1CCOc2cc3ccc(Br)cc3nc21. The van der Waals surface area contributed by atoms with Crippen molar-refractivity contribution in [1.29, 1.82) is 0 Å². The van der Waals surface area contributed by atoms with Crippen LogP contribution >= 0.6 is 15.9 Å². The minimum absolute atomic E-state index is 0.404. The first-order valence-electron chi connectivity index (χ1n) is 8.07. The fourth-order valence-electron chi connectivity index (χ4n) is 2.26. The normalized spacial score (nSPS) is 13.5. The average molecular weight is 395 g/mol. The summed E-state index contributed by atoms with van der Waals surface area (Å²) in [6, 6.07) is 7.73. The predicted octanol–water partition coefficient (Wildman–Crippen LogP) is 5.16. The third kappa shape index (κ3) is 4.17. The summed E-state index contributed by atoms with van der Waals surface area (Å²) in [6.07, 6.45) is -0.404. The maximum atomic E-state index is 12.4. The van der Waals surface area contributed by atoms with E-state index >= 15 is 0 Å². The van der Waals surface area contributed by atoms with E-state index in [9.17, 15) is 4.79 Å². The molecule has 0 atom stereocenters. The number of fused-ring (bicyclic) bond motifs is 2. The van der Waals surface area contributed by atoms with E-state index < -0.39 is 11.7 Å². The van der Waals surface area contributed by atoms with E-state index in [0.29, 0.717) is 24.7 Å². The topological polar surface area (TPSA) is 51.7 Å². The molecule has 2 aromatic rings. The number of carbonyl (C=O) groups excluding carboxylic acids is 1. The number of pyridine rings is 1. The number of ether oxygens (including phenoxy) is 2. The second-order valence-electron chi connectivity index (χ2n) is 6.13. The molecule has 1 amide bonds. The highest BCUT2D eigenvalue weighted by Gasteiger charge is 2.29. The van der Waals surface area contributed by atoms with E-state index in [-0.39, 0.29) is 0 Å². The molecular weight excluding hydrogens is 372 g/mol. The molecule has 0 aliphatic carbocycles. The van der Waals surface area contributed by atoms with Crippen LogP contribution in [0.2, 0.25) is 0 Å². The second kappa shape index (κ2) is 7.38. The molecule has 0 bridgehead atoms. The number of nitrogens with zero attached hydrogens (tertiary/aromatic N) is 2. The van der Waals surface area contributed by atoms with E-state index in [1.807, 2.05) is 58.9 Å². The minimum atomic E-state index is -0.546. The van der Waals surface area contributed by atoms with Gasteiger partial charge in [0, 0.05) is 9.86 Å². The monoisotopic (exact) mass is 394 g/mol. The van der Waals surface area contributed by atoms with E-state index in [0.717, 1.165) is 15.4 Å². The van der Waals surface area contributed by atoms with Crippen molar-refractivity contribution in [3.8, 4) is 5.75 Å². The molecule has 5 nitrogen and oxygen atoms in total. The van der Waals surface area contributed by atoms with Crippen LogP contribution in [0.5, 0.6) is 5.75 Å². The maximum Gasteiger partial charge on any atom is 0.416 e. The first-order chi connectivity index (χ1) is 11.3. The zero-order valence-electron chi connectivity index (χ0n) is 14.7. The molecule has 1 aliphatic heterocycles. The Balaban J connectivity index is 0.00000100. The lowest BCUT2D eigenvalue weighted by Crippen LogP contribution is -2.42. The number of hydrogen-bond acceptors (Lipinski definition) is 4. The van der Waals surface area contributed by atoms with Crippen molar-refractivity contribution < 1.29 is 14.3 Å². The molecule has 0 saturated heterocycles. The summed E-state index contributed by atoms with van der Waals surface area (Å²) in [5.74, 6) is 1.11. The Kier molecular flexibility index (Phi) is 5.70. The lowest BCUT2D eigenvalue weighted by atomic mass is 10.2. The molecule has 0 saturated carbocycles. The van der Waals surface area contributed by atoms with Crippen LogP contribution in [0.15, 0.2) is 28.7 Å². The van der Waals surface area contributed by atoms with Crippen LogP contribution in [-0.4, -0.2) is 29.8 Å². The van der Waals surface area contributed by atoms with Crippen molar-refractivity contribution >= 4 is 38.7 Å². The number of aromatic nitrogens is 1. The van der Waals surface area contributed by atoms with Gasteiger partial charge in [0.1, 0.15) is 12.2 Å². The Hall–Kier alpha value is -1.82. The molecule has 0 spiro atoms. The smallest absolute Gasteiger partial charge is 0.416 e. The molecule has 0 fully saturated rings. The van der Waals surface area contributed by atoms with Gasteiger partial charge in [-0.2, -0.15) is 0 Å². The fourth-order valence-corrected chi connectivity index (χ4v) is 2.61. The largest absolute Gasteiger partial charge is 0.488 e. The van der Waals surface area contributed by atoms with E-state index in [4.69, 9.17) is 9.47 Å². The summed E-state index contributed by atoms with van der Waals surface area (Å²) in [7, 11) is 0. The molecule has 1 aromatic heterocycles. The van der Waals surface area contributed by atoms with Gasteiger partial charge < -0.3 is 9.47 Å². The van der Waals surface area contributed by atoms with Gasteiger partial charge in [0.25, 0.3) is 0 Å². The van der Waals surface area contributed by atoms with E-state index in [1.165, 1.54) is 4.90 Å². The maximum absolute atomic E-state index is 12.4. The van der Waals surface area contributed by atoms with Crippen molar-refractivity contribution in [2.24, 2.45) is 0 Å². The molecular formula is C18H23BrN2O3. The van der Waals surface area contributed by atoms with Gasteiger partial charge in [0.2, 0.25) is 0 Å². The van der Waals surface area contributed by atoms with Crippen LogP contribution in [0.25, 0.3) is 10.9 Å². The molecule has 0 unspecified atom stereocenters.